The van der Waals surface area contributed by atoms with Crippen molar-refractivity contribution >= 4 is 28.3 Å². The number of nitrogens with one attached hydrogen (secondary N) is 1. The fraction of sp³-hybridized carbons (Fsp3) is 0.333. The van der Waals surface area contributed by atoms with Gasteiger partial charge in [-0.15, -0.1) is 12.4 Å². The molecule has 0 saturated carbocycles. The summed E-state index contributed by atoms with van der Waals surface area (Å²) < 4.78 is 12.6. The molecular weight excluding hydrogens is 378 g/mol. The summed E-state index contributed by atoms with van der Waals surface area (Å²) in [4.78, 5) is 0. The van der Waals surface area contributed by atoms with Crippen LogP contribution in [0.5, 0.6) is 11.5 Å². The van der Waals surface area contributed by atoms with Crippen LogP contribution in [0.4, 0.5) is 0 Å². The van der Waals surface area contributed by atoms with Gasteiger partial charge in [0.2, 0.25) is 0 Å². The highest BCUT2D eigenvalue weighted by atomic mass is 79.9. The van der Waals surface area contributed by atoms with E-state index in [9.17, 15) is 0 Å². The van der Waals surface area contributed by atoms with Crippen molar-refractivity contribution in [1.82, 2.24) is 5.32 Å². The van der Waals surface area contributed by atoms with E-state index in [0.29, 0.717) is 13.2 Å². The normalized spacial score (nSPS) is 10.1. The van der Waals surface area contributed by atoms with E-state index in [2.05, 4.69) is 58.5 Å². The average Bonchev–Trinajstić information content (AvgIpc) is 2.49. The van der Waals surface area contributed by atoms with E-state index < -0.39 is 0 Å². The Hall–Kier alpha value is -1.23. The molecule has 0 amide bonds. The Labute approximate surface area is 152 Å². The fourth-order valence-electron chi connectivity index (χ4n) is 2.17. The van der Waals surface area contributed by atoms with Gasteiger partial charge in [-0.1, -0.05) is 29.8 Å². The summed E-state index contributed by atoms with van der Waals surface area (Å²) in [7, 11) is 1.93. The van der Waals surface area contributed by atoms with Gasteiger partial charge in [0.05, 0.1) is 11.1 Å². The van der Waals surface area contributed by atoms with Gasteiger partial charge in [-0.3, -0.25) is 0 Å². The maximum Gasteiger partial charge on any atom is 0.175 e. The molecule has 1 N–H and O–H groups in total. The Morgan fingerprint density at radius 1 is 1.04 bits per heavy atom. The first-order valence-corrected chi connectivity index (χ1v) is 8.21. The summed E-state index contributed by atoms with van der Waals surface area (Å²) in [6.07, 6.45) is 0. The van der Waals surface area contributed by atoms with Crippen molar-refractivity contribution in [3.63, 3.8) is 0 Å². The highest BCUT2D eigenvalue weighted by Gasteiger charge is 2.12. The molecule has 0 bridgehead atoms. The molecule has 0 aliphatic rings. The lowest BCUT2D eigenvalue weighted by molar-refractivity contribution is 0.267. The van der Waals surface area contributed by atoms with E-state index in [1.54, 1.807) is 0 Å². The number of aryl methyl sites for hydroxylation is 1. The van der Waals surface area contributed by atoms with Crippen LogP contribution in [0.25, 0.3) is 0 Å². The van der Waals surface area contributed by atoms with Crippen LogP contribution in [-0.4, -0.2) is 13.7 Å². The molecule has 0 aromatic heterocycles. The largest absolute Gasteiger partial charge is 0.490 e. The van der Waals surface area contributed by atoms with Crippen molar-refractivity contribution in [2.75, 3.05) is 13.7 Å². The van der Waals surface area contributed by atoms with Gasteiger partial charge in [-0.2, -0.15) is 0 Å². The van der Waals surface area contributed by atoms with E-state index in [-0.39, 0.29) is 12.4 Å². The molecule has 0 radical (unpaired) electrons. The van der Waals surface area contributed by atoms with Gasteiger partial charge >= 0.3 is 0 Å². The second kappa shape index (κ2) is 9.81. The Morgan fingerprint density at radius 2 is 1.74 bits per heavy atom. The number of benzene rings is 2. The van der Waals surface area contributed by atoms with Crippen molar-refractivity contribution < 1.29 is 9.47 Å². The summed E-state index contributed by atoms with van der Waals surface area (Å²) >= 11 is 3.59. The molecule has 0 saturated heterocycles. The zero-order valence-electron chi connectivity index (χ0n) is 13.7. The van der Waals surface area contributed by atoms with E-state index in [0.717, 1.165) is 33.6 Å². The lowest BCUT2D eigenvalue weighted by atomic mass is 10.1. The molecule has 0 unspecified atom stereocenters. The minimum atomic E-state index is 0. The van der Waals surface area contributed by atoms with Crippen molar-refractivity contribution in [1.29, 1.82) is 0 Å². The third kappa shape index (κ3) is 5.72. The molecule has 0 aliphatic heterocycles. The highest BCUT2D eigenvalue weighted by molar-refractivity contribution is 9.10. The minimum absolute atomic E-state index is 0. The maximum atomic E-state index is 5.99. The third-order valence-electron chi connectivity index (χ3n) is 3.25. The zero-order chi connectivity index (χ0) is 15.9. The number of hydrogen-bond acceptors (Lipinski definition) is 3. The van der Waals surface area contributed by atoms with Crippen LogP contribution in [0.3, 0.4) is 0 Å². The van der Waals surface area contributed by atoms with Gasteiger partial charge in [0.1, 0.15) is 6.61 Å². The Morgan fingerprint density at radius 3 is 2.35 bits per heavy atom. The van der Waals surface area contributed by atoms with Gasteiger partial charge in [-0.05, 0) is 60.1 Å². The van der Waals surface area contributed by atoms with E-state index in [1.165, 1.54) is 5.56 Å². The van der Waals surface area contributed by atoms with Crippen LogP contribution in [0.1, 0.15) is 23.6 Å². The molecule has 126 valence electrons. The molecule has 0 spiro atoms. The maximum absolute atomic E-state index is 5.99. The highest BCUT2D eigenvalue weighted by Crippen LogP contribution is 2.37. The molecule has 0 aliphatic carbocycles. The molecule has 23 heavy (non-hydrogen) atoms. The van der Waals surface area contributed by atoms with E-state index in [1.807, 2.05) is 20.0 Å². The van der Waals surface area contributed by atoms with Gasteiger partial charge < -0.3 is 14.8 Å². The van der Waals surface area contributed by atoms with E-state index >= 15 is 0 Å². The standard InChI is InChI=1S/C18H22BrNO2.ClH/c1-4-21-17-10-15(11-20-3)9-16(19)18(17)22-12-14-7-5-13(2)6-8-14;/h5-10,20H,4,11-12H2,1-3H3;1H. The first-order valence-electron chi connectivity index (χ1n) is 7.42. The molecule has 0 heterocycles. The second-order valence-corrected chi connectivity index (χ2v) is 6.00. The first-order chi connectivity index (χ1) is 10.6. The summed E-state index contributed by atoms with van der Waals surface area (Å²) in [5.41, 5.74) is 3.54. The smallest absolute Gasteiger partial charge is 0.175 e. The molecule has 0 atom stereocenters. The van der Waals surface area contributed by atoms with Gasteiger partial charge in [0, 0.05) is 6.54 Å². The van der Waals surface area contributed by atoms with Gasteiger partial charge in [-0.25, -0.2) is 0 Å². The Balaban J connectivity index is 0.00000264. The first kappa shape index (κ1) is 19.8. The molecule has 2 aromatic carbocycles. The molecular formula is C18H23BrClNO2. The monoisotopic (exact) mass is 399 g/mol. The molecule has 2 aromatic rings. The van der Waals surface area contributed by atoms with Crippen LogP contribution < -0.4 is 14.8 Å². The lowest BCUT2D eigenvalue weighted by Crippen LogP contribution is -2.07. The molecule has 3 nitrogen and oxygen atoms in total. The van der Waals surface area contributed by atoms with Crippen LogP contribution in [0.15, 0.2) is 40.9 Å². The topological polar surface area (TPSA) is 30.5 Å². The fourth-order valence-corrected chi connectivity index (χ4v) is 2.77. The predicted octanol–water partition coefficient (Wildman–Crippen LogP) is 4.88. The van der Waals surface area contributed by atoms with Gasteiger partial charge in [0.15, 0.2) is 11.5 Å². The molecule has 2 rings (SSSR count). The Bertz CT molecular complexity index is 617. The van der Waals surface area contributed by atoms with Crippen molar-refractivity contribution in [2.24, 2.45) is 0 Å². The molecule has 0 fully saturated rings. The van der Waals surface area contributed by atoms with Gasteiger partial charge in [0.25, 0.3) is 0 Å². The second-order valence-electron chi connectivity index (χ2n) is 5.14. The summed E-state index contributed by atoms with van der Waals surface area (Å²) in [6.45, 7) is 5.97. The zero-order valence-corrected chi connectivity index (χ0v) is 16.1. The Kier molecular flexibility index (Phi) is 8.45. The quantitative estimate of drug-likeness (QED) is 0.719. The number of rotatable bonds is 7. The summed E-state index contributed by atoms with van der Waals surface area (Å²) in [5.74, 6) is 1.52. The average molecular weight is 401 g/mol. The van der Waals surface area contributed by atoms with Crippen LogP contribution in [0, 0.1) is 6.92 Å². The predicted molar refractivity (Wildman–Crippen MR) is 101 cm³/mol. The number of hydrogen-bond donors (Lipinski definition) is 1. The van der Waals surface area contributed by atoms with Crippen LogP contribution in [0.2, 0.25) is 0 Å². The van der Waals surface area contributed by atoms with Crippen molar-refractivity contribution in [2.45, 2.75) is 27.0 Å². The third-order valence-corrected chi connectivity index (χ3v) is 3.84. The summed E-state index contributed by atoms with van der Waals surface area (Å²) in [5, 5.41) is 3.15. The van der Waals surface area contributed by atoms with E-state index in [4.69, 9.17) is 9.47 Å². The summed E-state index contributed by atoms with van der Waals surface area (Å²) in [6, 6.07) is 12.4. The minimum Gasteiger partial charge on any atom is -0.490 e. The van der Waals surface area contributed by atoms with Crippen LogP contribution >= 0.6 is 28.3 Å². The number of ether oxygens (including phenoxy) is 2. The number of halogens is 2. The van der Waals surface area contributed by atoms with Crippen molar-refractivity contribution in [3.8, 4) is 11.5 Å². The lowest BCUT2D eigenvalue weighted by Gasteiger charge is -2.15. The SMILES string of the molecule is CCOc1cc(CNC)cc(Br)c1OCc1ccc(C)cc1.Cl. The van der Waals surface area contributed by atoms with Crippen LogP contribution in [-0.2, 0) is 13.2 Å². The molecule has 5 heteroatoms. The van der Waals surface area contributed by atoms with Crippen molar-refractivity contribution in [3.05, 3.63) is 57.6 Å².